The highest BCUT2D eigenvalue weighted by Gasteiger charge is 2.22. The van der Waals surface area contributed by atoms with E-state index in [2.05, 4.69) is 19.9 Å². The smallest absolute Gasteiger partial charge is 0.224 e. The maximum atomic E-state index is 12.3. The molecule has 1 unspecified atom stereocenters. The second kappa shape index (κ2) is 8.43. The van der Waals surface area contributed by atoms with E-state index in [9.17, 15) is 10.1 Å². The van der Waals surface area contributed by atoms with Gasteiger partial charge in [-0.3, -0.25) is 4.79 Å². The van der Waals surface area contributed by atoms with Crippen LogP contribution in [-0.4, -0.2) is 31.0 Å². The minimum Gasteiger partial charge on any atom is -0.496 e. The number of nitriles is 1. The van der Waals surface area contributed by atoms with Gasteiger partial charge in [-0.25, -0.2) is 0 Å². The van der Waals surface area contributed by atoms with Crippen LogP contribution in [0.25, 0.3) is 0 Å². The number of rotatable bonds is 7. The topological polar surface area (TPSA) is 53.3 Å². The van der Waals surface area contributed by atoms with Gasteiger partial charge in [-0.15, -0.1) is 0 Å². The Morgan fingerprint density at radius 1 is 1.32 bits per heavy atom. The number of methoxy groups -OCH3 is 1. The monoisotopic (exact) mass is 302 g/mol. The lowest BCUT2D eigenvalue weighted by Crippen LogP contribution is -2.31. The summed E-state index contributed by atoms with van der Waals surface area (Å²) in [5, 5.41) is 9.53. The molecule has 0 aliphatic rings. The Balaban J connectivity index is 3.11. The van der Waals surface area contributed by atoms with Gasteiger partial charge < -0.3 is 9.64 Å². The van der Waals surface area contributed by atoms with Gasteiger partial charge in [0.1, 0.15) is 5.75 Å². The summed E-state index contributed by atoms with van der Waals surface area (Å²) in [4.78, 5) is 14.1. The largest absolute Gasteiger partial charge is 0.496 e. The zero-order valence-corrected chi connectivity index (χ0v) is 14.2. The Morgan fingerprint density at radius 3 is 2.41 bits per heavy atom. The summed E-state index contributed by atoms with van der Waals surface area (Å²) in [5.41, 5.74) is 1.95. The highest BCUT2D eigenvalue weighted by Crippen LogP contribution is 2.32. The van der Waals surface area contributed by atoms with Crippen LogP contribution >= 0.6 is 0 Å². The Kier molecular flexibility index (Phi) is 6.91. The molecule has 0 fully saturated rings. The minimum absolute atomic E-state index is 0.00792. The molecule has 0 bridgehead atoms. The van der Waals surface area contributed by atoms with Crippen LogP contribution in [-0.2, 0) is 4.79 Å². The molecule has 1 amide bonds. The molecule has 4 nitrogen and oxygen atoms in total. The van der Waals surface area contributed by atoms with Gasteiger partial charge in [-0.1, -0.05) is 26.0 Å². The highest BCUT2D eigenvalue weighted by molar-refractivity contribution is 5.77. The summed E-state index contributed by atoms with van der Waals surface area (Å²) < 4.78 is 5.38. The maximum absolute atomic E-state index is 12.3. The van der Waals surface area contributed by atoms with E-state index in [1.54, 1.807) is 12.0 Å². The molecule has 0 spiro atoms. The first kappa shape index (κ1) is 18.0. The fraction of sp³-hybridized carbons (Fsp3) is 0.556. The zero-order chi connectivity index (χ0) is 16.7. The van der Waals surface area contributed by atoms with Crippen LogP contribution in [0.2, 0.25) is 0 Å². The Morgan fingerprint density at radius 2 is 1.95 bits per heavy atom. The fourth-order valence-electron chi connectivity index (χ4n) is 2.49. The standard InChI is InChI=1S/C18H26N2O2/c1-6-20(7-2)18(21)11-15(12-19)16-10-14(13(3)4)8-9-17(16)22-5/h8-10,13,15H,6-7,11H2,1-5H3. The summed E-state index contributed by atoms with van der Waals surface area (Å²) in [6, 6.07) is 8.15. The number of hydrogen-bond acceptors (Lipinski definition) is 3. The van der Waals surface area contributed by atoms with Crippen LogP contribution < -0.4 is 4.74 Å². The third-order valence-electron chi connectivity index (χ3n) is 3.95. The van der Waals surface area contributed by atoms with E-state index in [-0.39, 0.29) is 12.3 Å². The quantitative estimate of drug-likeness (QED) is 0.772. The average molecular weight is 302 g/mol. The number of ether oxygens (including phenoxy) is 1. The third kappa shape index (κ3) is 4.24. The summed E-state index contributed by atoms with van der Waals surface area (Å²) in [7, 11) is 1.59. The van der Waals surface area contributed by atoms with E-state index in [0.717, 1.165) is 11.1 Å². The van der Waals surface area contributed by atoms with Crippen LogP contribution in [0.3, 0.4) is 0 Å². The Labute approximate surface area is 133 Å². The molecule has 1 aromatic carbocycles. The molecule has 0 aliphatic heterocycles. The Hall–Kier alpha value is -2.02. The van der Waals surface area contributed by atoms with Crippen molar-refractivity contribution in [1.82, 2.24) is 4.90 Å². The lowest BCUT2D eigenvalue weighted by Gasteiger charge is -2.21. The molecule has 0 aromatic heterocycles. The van der Waals surface area contributed by atoms with Gasteiger partial charge in [-0.2, -0.15) is 5.26 Å². The van der Waals surface area contributed by atoms with E-state index in [0.29, 0.717) is 24.8 Å². The fourth-order valence-corrected chi connectivity index (χ4v) is 2.49. The maximum Gasteiger partial charge on any atom is 0.224 e. The Bertz CT molecular complexity index is 543. The minimum atomic E-state index is -0.484. The van der Waals surface area contributed by atoms with Gasteiger partial charge >= 0.3 is 0 Å². The van der Waals surface area contributed by atoms with Crippen molar-refractivity contribution in [2.45, 2.75) is 46.0 Å². The van der Waals surface area contributed by atoms with Crippen molar-refractivity contribution in [3.8, 4) is 11.8 Å². The number of carbonyl (C=O) groups excluding carboxylic acids is 1. The van der Waals surface area contributed by atoms with Crippen molar-refractivity contribution in [2.24, 2.45) is 0 Å². The molecule has 1 aromatic rings. The molecular weight excluding hydrogens is 276 g/mol. The van der Waals surface area contributed by atoms with E-state index in [1.807, 2.05) is 32.0 Å². The number of amides is 1. The number of nitrogens with zero attached hydrogens (tertiary/aromatic N) is 2. The van der Waals surface area contributed by atoms with E-state index in [1.165, 1.54) is 0 Å². The van der Waals surface area contributed by atoms with Crippen LogP contribution in [0, 0.1) is 11.3 Å². The SMILES string of the molecule is CCN(CC)C(=O)CC(C#N)c1cc(C(C)C)ccc1OC. The first-order valence-corrected chi connectivity index (χ1v) is 7.83. The van der Waals surface area contributed by atoms with E-state index in [4.69, 9.17) is 4.74 Å². The molecule has 4 heteroatoms. The molecule has 1 atom stereocenters. The number of hydrogen-bond donors (Lipinski definition) is 0. The second-order valence-electron chi connectivity index (χ2n) is 5.61. The van der Waals surface area contributed by atoms with E-state index < -0.39 is 5.92 Å². The third-order valence-corrected chi connectivity index (χ3v) is 3.95. The van der Waals surface area contributed by atoms with Gasteiger partial charge in [0.15, 0.2) is 0 Å². The molecule has 0 N–H and O–H groups in total. The second-order valence-corrected chi connectivity index (χ2v) is 5.61. The van der Waals surface area contributed by atoms with Crippen LogP contribution in [0.5, 0.6) is 5.75 Å². The predicted molar refractivity (Wildman–Crippen MR) is 88.0 cm³/mol. The zero-order valence-electron chi connectivity index (χ0n) is 14.2. The average Bonchev–Trinajstić information content (AvgIpc) is 2.53. The molecule has 22 heavy (non-hydrogen) atoms. The first-order chi connectivity index (χ1) is 10.5. The van der Waals surface area contributed by atoms with Crippen molar-refractivity contribution in [2.75, 3.05) is 20.2 Å². The molecule has 0 saturated carbocycles. The van der Waals surface area contributed by atoms with Crippen LogP contribution in [0.1, 0.15) is 57.1 Å². The van der Waals surface area contributed by atoms with Crippen LogP contribution in [0.4, 0.5) is 0 Å². The first-order valence-electron chi connectivity index (χ1n) is 7.83. The molecule has 0 aliphatic carbocycles. The van der Waals surface area contributed by atoms with Crippen molar-refractivity contribution in [1.29, 1.82) is 5.26 Å². The summed E-state index contributed by atoms with van der Waals surface area (Å²) in [5.74, 6) is 0.557. The lowest BCUT2D eigenvalue weighted by molar-refractivity contribution is -0.130. The molecule has 0 saturated heterocycles. The number of benzene rings is 1. The van der Waals surface area contributed by atoms with E-state index >= 15 is 0 Å². The molecule has 1 rings (SSSR count). The molecular formula is C18H26N2O2. The summed E-state index contributed by atoms with van der Waals surface area (Å²) in [6.45, 7) is 9.43. The predicted octanol–water partition coefficient (Wildman–Crippen LogP) is 3.68. The van der Waals surface area contributed by atoms with Crippen molar-refractivity contribution >= 4 is 5.91 Å². The normalized spacial score (nSPS) is 11.9. The van der Waals surface area contributed by atoms with Gasteiger partial charge in [0.2, 0.25) is 5.91 Å². The van der Waals surface area contributed by atoms with Crippen molar-refractivity contribution < 1.29 is 9.53 Å². The van der Waals surface area contributed by atoms with Gasteiger partial charge in [-0.05, 0) is 31.4 Å². The van der Waals surface area contributed by atoms with Crippen molar-refractivity contribution in [3.05, 3.63) is 29.3 Å². The summed E-state index contributed by atoms with van der Waals surface area (Å²) in [6.07, 6.45) is 0.191. The van der Waals surface area contributed by atoms with Gasteiger partial charge in [0, 0.05) is 25.1 Å². The van der Waals surface area contributed by atoms with Crippen LogP contribution in [0.15, 0.2) is 18.2 Å². The van der Waals surface area contributed by atoms with Gasteiger partial charge in [0.05, 0.1) is 19.1 Å². The number of carbonyl (C=O) groups is 1. The van der Waals surface area contributed by atoms with Crippen molar-refractivity contribution in [3.63, 3.8) is 0 Å². The lowest BCUT2D eigenvalue weighted by atomic mass is 9.91. The van der Waals surface area contributed by atoms with Gasteiger partial charge in [0.25, 0.3) is 0 Å². The highest BCUT2D eigenvalue weighted by atomic mass is 16.5. The molecule has 0 radical (unpaired) electrons. The summed E-state index contributed by atoms with van der Waals surface area (Å²) >= 11 is 0. The molecule has 120 valence electrons. The molecule has 0 heterocycles.